The number of para-hydroxylation sites is 1. The third-order valence-corrected chi connectivity index (χ3v) is 2.91. The Kier molecular flexibility index (Phi) is 8.19. The smallest absolute Gasteiger partial charge is 0.315 e. The third kappa shape index (κ3) is 5.99. The molecule has 1 aromatic rings. The van der Waals surface area contributed by atoms with Crippen LogP contribution in [0.1, 0.15) is 33.1 Å². The van der Waals surface area contributed by atoms with Crippen molar-refractivity contribution in [2.45, 2.75) is 33.1 Å². The first-order valence-electron chi connectivity index (χ1n) is 7.53. The van der Waals surface area contributed by atoms with E-state index in [0.717, 1.165) is 32.4 Å². The van der Waals surface area contributed by atoms with E-state index in [9.17, 15) is 10.1 Å². The van der Waals surface area contributed by atoms with Crippen molar-refractivity contribution in [3.05, 3.63) is 28.3 Å². The van der Waals surface area contributed by atoms with Gasteiger partial charge in [-0.2, -0.15) is 0 Å². The minimum Gasteiger partial charge on any atom is -0.381 e. The standard InChI is InChI=1S/C15H25N3O3/c1-3-9-16-13-7-5-8-14(15(13)18(19)20)17-10-6-12-21-11-4-2/h5,7-8,16-17H,3-4,6,9-12H2,1-2H3. The zero-order chi connectivity index (χ0) is 15.5. The maximum absolute atomic E-state index is 11.3. The van der Waals surface area contributed by atoms with Gasteiger partial charge < -0.3 is 15.4 Å². The van der Waals surface area contributed by atoms with Crippen molar-refractivity contribution in [3.8, 4) is 0 Å². The summed E-state index contributed by atoms with van der Waals surface area (Å²) in [6.07, 6.45) is 2.75. The molecule has 0 fully saturated rings. The molecular formula is C15H25N3O3. The van der Waals surface area contributed by atoms with Gasteiger partial charge in [-0.25, -0.2) is 0 Å². The van der Waals surface area contributed by atoms with E-state index in [4.69, 9.17) is 4.74 Å². The molecule has 2 N–H and O–H groups in total. The minimum absolute atomic E-state index is 0.112. The summed E-state index contributed by atoms with van der Waals surface area (Å²) in [6.45, 7) is 6.89. The molecule has 0 atom stereocenters. The van der Waals surface area contributed by atoms with E-state index in [1.807, 2.05) is 13.0 Å². The van der Waals surface area contributed by atoms with Crippen LogP contribution in [0.5, 0.6) is 0 Å². The number of nitrogens with one attached hydrogen (secondary N) is 2. The van der Waals surface area contributed by atoms with Gasteiger partial charge in [-0.15, -0.1) is 0 Å². The van der Waals surface area contributed by atoms with Crippen molar-refractivity contribution in [1.82, 2.24) is 0 Å². The number of ether oxygens (including phenoxy) is 1. The van der Waals surface area contributed by atoms with Crippen molar-refractivity contribution in [2.75, 3.05) is 36.9 Å². The summed E-state index contributed by atoms with van der Waals surface area (Å²) in [5.41, 5.74) is 1.23. The van der Waals surface area contributed by atoms with Crippen LogP contribution in [0.25, 0.3) is 0 Å². The molecule has 21 heavy (non-hydrogen) atoms. The van der Waals surface area contributed by atoms with Crippen LogP contribution in [0.3, 0.4) is 0 Å². The van der Waals surface area contributed by atoms with E-state index < -0.39 is 0 Å². The highest BCUT2D eigenvalue weighted by atomic mass is 16.6. The molecule has 0 unspecified atom stereocenters. The Labute approximate surface area is 126 Å². The van der Waals surface area contributed by atoms with Crippen molar-refractivity contribution in [3.63, 3.8) is 0 Å². The summed E-state index contributed by atoms with van der Waals surface area (Å²) >= 11 is 0. The fourth-order valence-electron chi connectivity index (χ4n) is 1.93. The van der Waals surface area contributed by atoms with Crippen LogP contribution < -0.4 is 10.6 Å². The van der Waals surface area contributed by atoms with Gasteiger partial charge in [0.15, 0.2) is 0 Å². The first-order chi connectivity index (χ1) is 10.2. The van der Waals surface area contributed by atoms with Gasteiger partial charge in [0, 0.05) is 26.3 Å². The number of nitro groups is 1. The second-order valence-corrected chi connectivity index (χ2v) is 4.78. The van der Waals surface area contributed by atoms with E-state index in [2.05, 4.69) is 17.6 Å². The molecule has 0 aliphatic rings. The topological polar surface area (TPSA) is 76.4 Å². The number of hydrogen-bond acceptors (Lipinski definition) is 5. The second kappa shape index (κ2) is 9.99. The SMILES string of the molecule is CCCNc1cccc(NCCCOCCC)c1[N+](=O)[O-]. The van der Waals surface area contributed by atoms with Crippen molar-refractivity contribution in [2.24, 2.45) is 0 Å². The molecule has 1 aromatic carbocycles. The quantitative estimate of drug-likeness (QED) is 0.370. The molecule has 118 valence electrons. The van der Waals surface area contributed by atoms with Crippen molar-refractivity contribution in [1.29, 1.82) is 0 Å². The van der Waals surface area contributed by atoms with Gasteiger partial charge in [-0.1, -0.05) is 19.9 Å². The average molecular weight is 295 g/mol. The van der Waals surface area contributed by atoms with Gasteiger partial charge >= 0.3 is 5.69 Å². The highest BCUT2D eigenvalue weighted by Crippen LogP contribution is 2.32. The first-order valence-corrected chi connectivity index (χ1v) is 7.53. The van der Waals surface area contributed by atoms with Gasteiger partial charge in [0.25, 0.3) is 0 Å². The van der Waals surface area contributed by atoms with Gasteiger partial charge in [0.1, 0.15) is 11.4 Å². The van der Waals surface area contributed by atoms with E-state index >= 15 is 0 Å². The maximum atomic E-state index is 11.3. The Morgan fingerprint density at radius 1 is 1.10 bits per heavy atom. The summed E-state index contributed by atoms with van der Waals surface area (Å²) in [4.78, 5) is 10.9. The molecular weight excluding hydrogens is 270 g/mol. The Hall–Kier alpha value is -1.82. The van der Waals surface area contributed by atoms with Crippen LogP contribution in [0.4, 0.5) is 17.1 Å². The van der Waals surface area contributed by atoms with Gasteiger partial charge in [-0.05, 0) is 31.4 Å². The molecule has 0 radical (unpaired) electrons. The predicted molar refractivity (Wildman–Crippen MR) is 86.1 cm³/mol. The largest absolute Gasteiger partial charge is 0.381 e. The molecule has 0 bridgehead atoms. The van der Waals surface area contributed by atoms with Crippen molar-refractivity contribution >= 4 is 17.1 Å². The zero-order valence-electron chi connectivity index (χ0n) is 12.9. The van der Waals surface area contributed by atoms with Gasteiger partial charge in [0.2, 0.25) is 0 Å². The predicted octanol–water partition coefficient (Wildman–Crippen LogP) is 3.65. The Morgan fingerprint density at radius 3 is 2.33 bits per heavy atom. The molecule has 6 heteroatoms. The fraction of sp³-hybridized carbons (Fsp3) is 0.600. The molecule has 0 heterocycles. The second-order valence-electron chi connectivity index (χ2n) is 4.78. The minimum atomic E-state index is -0.339. The number of rotatable bonds is 11. The highest BCUT2D eigenvalue weighted by molar-refractivity contribution is 5.76. The third-order valence-electron chi connectivity index (χ3n) is 2.91. The molecule has 6 nitrogen and oxygen atoms in total. The van der Waals surface area contributed by atoms with Gasteiger partial charge in [0.05, 0.1) is 4.92 Å². The molecule has 0 spiro atoms. The lowest BCUT2D eigenvalue weighted by molar-refractivity contribution is -0.383. The number of benzene rings is 1. The highest BCUT2D eigenvalue weighted by Gasteiger charge is 2.18. The fourth-order valence-corrected chi connectivity index (χ4v) is 1.93. The summed E-state index contributed by atoms with van der Waals surface area (Å²) in [5.74, 6) is 0. The number of anilines is 2. The molecule has 0 saturated carbocycles. The van der Waals surface area contributed by atoms with E-state index in [-0.39, 0.29) is 10.6 Å². The van der Waals surface area contributed by atoms with Crippen LogP contribution in [0.15, 0.2) is 18.2 Å². The summed E-state index contributed by atoms with van der Waals surface area (Å²) < 4.78 is 5.39. The summed E-state index contributed by atoms with van der Waals surface area (Å²) in [5, 5.41) is 17.5. The van der Waals surface area contributed by atoms with Crippen molar-refractivity contribution < 1.29 is 9.66 Å². The van der Waals surface area contributed by atoms with Crippen LogP contribution in [0, 0.1) is 10.1 Å². The monoisotopic (exact) mass is 295 g/mol. The first kappa shape index (κ1) is 17.2. The molecule has 0 saturated heterocycles. The van der Waals surface area contributed by atoms with Gasteiger partial charge in [-0.3, -0.25) is 10.1 Å². The lowest BCUT2D eigenvalue weighted by Crippen LogP contribution is -2.09. The summed E-state index contributed by atoms with van der Waals surface area (Å²) in [6, 6.07) is 5.30. The van der Waals surface area contributed by atoms with Crippen LogP contribution >= 0.6 is 0 Å². The number of hydrogen-bond donors (Lipinski definition) is 2. The Balaban J connectivity index is 2.61. The lowest BCUT2D eigenvalue weighted by Gasteiger charge is -2.11. The summed E-state index contributed by atoms with van der Waals surface area (Å²) in [7, 11) is 0. The van der Waals surface area contributed by atoms with E-state index in [0.29, 0.717) is 24.5 Å². The maximum Gasteiger partial charge on any atom is 0.315 e. The van der Waals surface area contributed by atoms with Crippen LogP contribution in [-0.4, -0.2) is 31.2 Å². The Morgan fingerprint density at radius 2 is 1.76 bits per heavy atom. The van der Waals surface area contributed by atoms with E-state index in [1.54, 1.807) is 12.1 Å². The van der Waals surface area contributed by atoms with Crippen LogP contribution in [0.2, 0.25) is 0 Å². The molecule has 0 aromatic heterocycles. The molecule has 0 amide bonds. The lowest BCUT2D eigenvalue weighted by atomic mass is 10.2. The molecule has 0 aliphatic heterocycles. The normalized spacial score (nSPS) is 10.4. The van der Waals surface area contributed by atoms with Crippen LogP contribution in [-0.2, 0) is 4.74 Å². The Bertz CT molecular complexity index is 438. The molecule has 1 rings (SSSR count). The number of nitrogens with zero attached hydrogens (tertiary/aromatic N) is 1. The molecule has 0 aliphatic carbocycles. The number of nitro benzene ring substituents is 1. The average Bonchev–Trinajstić information content (AvgIpc) is 2.48. The van der Waals surface area contributed by atoms with E-state index in [1.165, 1.54) is 0 Å². The zero-order valence-corrected chi connectivity index (χ0v) is 12.9.